The minimum atomic E-state index is -0.826. The maximum atomic E-state index is 10.7. The van der Waals surface area contributed by atoms with Crippen LogP contribution in [0, 0.1) is 0 Å². The molecule has 0 aliphatic heterocycles. The third kappa shape index (κ3) is 1.59. The van der Waals surface area contributed by atoms with Crippen molar-refractivity contribution in [1.82, 2.24) is 0 Å². The lowest BCUT2D eigenvalue weighted by atomic mass is 9.95. The highest BCUT2D eigenvalue weighted by Gasteiger charge is 2.20. The average Bonchev–Trinajstić information content (AvgIpc) is 2.46. The number of thiophene rings is 1. The zero-order valence-electron chi connectivity index (χ0n) is 7.12. The van der Waals surface area contributed by atoms with Gasteiger partial charge in [-0.25, -0.2) is 4.79 Å². The summed E-state index contributed by atoms with van der Waals surface area (Å²) in [5.74, 6) is -0.826. The van der Waals surface area contributed by atoms with Gasteiger partial charge in [-0.15, -0.1) is 11.3 Å². The predicted molar refractivity (Wildman–Crippen MR) is 51.3 cm³/mol. The minimum absolute atomic E-state index is 0.212. The van der Waals surface area contributed by atoms with Crippen LogP contribution in [0.2, 0.25) is 0 Å². The van der Waals surface area contributed by atoms with E-state index in [4.69, 9.17) is 10.8 Å². The van der Waals surface area contributed by atoms with Crippen molar-refractivity contribution in [3.63, 3.8) is 0 Å². The Morgan fingerprint density at radius 3 is 3.15 bits per heavy atom. The van der Waals surface area contributed by atoms with E-state index in [0.29, 0.717) is 4.88 Å². The average molecular weight is 197 g/mol. The van der Waals surface area contributed by atoms with Gasteiger partial charge in [0.25, 0.3) is 0 Å². The molecule has 4 heteroatoms. The summed E-state index contributed by atoms with van der Waals surface area (Å²) in [4.78, 5) is 12.3. The quantitative estimate of drug-likeness (QED) is 0.712. The first kappa shape index (κ1) is 8.72. The molecule has 13 heavy (non-hydrogen) atoms. The fraction of sp³-hybridized carbons (Fsp3) is 0.444. The molecule has 0 bridgehead atoms. The summed E-state index contributed by atoms with van der Waals surface area (Å²) >= 11 is 1.39. The normalized spacial score (nSPS) is 21.2. The third-order valence-electron chi connectivity index (χ3n) is 2.33. The van der Waals surface area contributed by atoms with Gasteiger partial charge < -0.3 is 10.8 Å². The van der Waals surface area contributed by atoms with E-state index in [9.17, 15) is 4.79 Å². The SMILES string of the molecule is NC1CCc2sc(C(=O)O)cc2C1. The van der Waals surface area contributed by atoms with Crippen LogP contribution in [0.5, 0.6) is 0 Å². The first-order valence-electron chi connectivity index (χ1n) is 4.27. The second-order valence-electron chi connectivity index (χ2n) is 3.37. The van der Waals surface area contributed by atoms with Crippen LogP contribution in [-0.4, -0.2) is 17.1 Å². The van der Waals surface area contributed by atoms with E-state index < -0.39 is 5.97 Å². The molecule has 0 saturated carbocycles. The van der Waals surface area contributed by atoms with Gasteiger partial charge in [-0.1, -0.05) is 0 Å². The highest BCUT2D eigenvalue weighted by atomic mass is 32.1. The van der Waals surface area contributed by atoms with Crippen LogP contribution in [0.15, 0.2) is 6.07 Å². The summed E-state index contributed by atoms with van der Waals surface area (Å²) in [6.45, 7) is 0. The molecule has 1 unspecified atom stereocenters. The molecule has 70 valence electrons. The summed E-state index contributed by atoms with van der Waals surface area (Å²) in [5.41, 5.74) is 6.93. The van der Waals surface area contributed by atoms with E-state index in [-0.39, 0.29) is 6.04 Å². The largest absolute Gasteiger partial charge is 0.477 e. The summed E-state index contributed by atoms with van der Waals surface area (Å²) < 4.78 is 0. The molecular formula is C9H11NO2S. The van der Waals surface area contributed by atoms with Gasteiger partial charge in [0.05, 0.1) is 0 Å². The van der Waals surface area contributed by atoms with Gasteiger partial charge in [-0.05, 0) is 30.9 Å². The molecule has 0 aromatic carbocycles. The molecule has 0 spiro atoms. The van der Waals surface area contributed by atoms with Gasteiger partial charge in [0.1, 0.15) is 4.88 Å². The molecule has 1 aliphatic rings. The summed E-state index contributed by atoms with van der Waals surface area (Å²) in [7, 11) is 0. The lowest BCUT2D eigenvalue weighted by molar-refractivity contribution is 0.0702. The smallest absolute Gasteiger partial charge is 0.345 e. The zero-order chi connectivity index (χ0) is 9.42. The van der Waals surface area contributed by atoms with Crippen molar-refractivity contribution in [2.24, 2.45) is 5.73 Å². The minimum Gasteiger partial charge on any atom is -0.477 e. The molecule has 0 saturated heterocycles. The van der Waals surface area contributed by atoms with Gasteiger partial charge in [0.2, 0.25) is 0 Å². The number of carbonyl (C=O) groups is 1. The number of hydrogen-bond acceptors (Lipinski definition) is 3. The molecule has 2 rings (SSSR count). The van der Waals surface area contributed by atoms with Gasteiger partial charge in [-0.3, -0.25) is 0 Å². The highest BCUT2D eigenvalue weighted by Crippen LogP contribution is 2.29. The number of carboxylic acids is 1. The standard InChI is InChI=1S/C9H11NO2S/c10-6-1-2-7-5(3-6)4-8(13-7)9(11)12/h4,6H,1-3,10H2,(H,11,12). The molecule has 0 radical (unpaired) electrons. The van der Waals surface area contributed by atoms with Crippen LogP contribution in [0.3, 0.4) is 0 Å². The molecular weight excluding hydrogens is 186 g/mol. The topological polar surface area (TPSA) is 63.3 Å². The number of aromatic carboxylic acids is 1. The number of carboxylic acid groups (broad SMARTS) is 1. The molecule has 1 aromatic rings. The van der Waals surface area contributed by atoms with Crippen molar-refractivity contribution < 1.29 is 9.90 Å². The first-order valence-corrected chi connectivity index (χ1v) is 5.09. The summed E-state index contributed by atoms with van der Waals surface area (Å²) in [6, 6.07) is 1.98. The van der Waals surface area contributed by atoms with Crippen molar-refractivity contribution in [2.45, 2.75) is 25.3 Å². The molecule has 1 aliphatic carbocycles. The number of aryl methyl sites for hydroxylation is 1. The highest BCUT2D eigenvalue weighted by molar-refractivity contribution is 7.14. The van der Waals surface area contributed by atoms with E-state index in [1.54, 1.807) is 6.07 Å². The van der Waals surface area contributed by atoms with Crippen molar-refractivity contribution in [3.8, 4) is 0 Å². The van der Waals surface area contributed by atoms with Gasteiger partial charge in [-0.2, -0.15) is 0 Å². The molecule has 3 nitrogen and oxygen atoms in total. The van der Waals surface area contributed by atoms with E-state index in [1.165, 1.54) is 16.2 Å². The van der Waals surface area contributed by atoms with E-state index in [2.05, 4.69) is 0 Å². The predicted octanol–water partition coefficient (Wildman–Crippen LogP) is 1.26. The Hall–Kier alpha value is -0.870. The van der Waals surface area contributed by atoms with Crippen LogP contribution in [0.4, 0.5) is 0 Å². The summed E-state index contributed by atoms with van der Waals surface area (Å²) in [5, 5.41) is 8.78. The Labute approximate surface area is 80.2 Å². The number of hydrogen-bond donors (Lipinski definition) is 2. The molecule has 1 heterocycles. The Morgan fingerprint density at radius 2 is 2.46 bits per heavy atom. The summed E-state index contributed by atoms with van der Waals surface area (Å²) in [6.07, 6.45) is 2.75. The number of fused-ring (bicyclic) bond motifs is 1. The molecule has 3 N–H and O–H groups in total. The van der Waals surface area contributed by atoms with Crippen molar-refractivity contribution in [2.75, 3.05) is 0 Å². The Bertz CT molecular complexity index is 345. The van der Waals surface area contributed by atoms with E-state index >= 15 is 0 Å². The first-order chi connectivity index (χ1) is 6.16. The van der Waals surface area contributed by atoms with Crippen LogP contribution >= 0.6 is 11.3 Å². The maximum absolute atomic E-state index is 10.7. The van der Waals surface area contributed by atoms with Gasteiger partial charge in [0, 0.05) is 10.9 Å². The van der Waals surface area contributed by atoms with Crippen LogP contribution < -0.4 is 5.73 Å². The van der Waals surface area contributed by atoms with Crippen LogP contribution in [0.25, 0.3) is 0 Å². The second-order valence-corrected chi connectivity index (χ2v) is 4.50. The Kier molecular flexibility index (Phi) is 2.09. The van der Waals surface area contributed by atoms with Crippen molar-refractivity contribution in [1.29, 1.82) is 0 Å². The van der Waals surface area contributed by atoms with E-state index in [1.807, 2.05) is 0 Å². The molecule has 1 aromatic heterocycles. The van der Waals surface area contributed by atoms with Gasteiger partial charge in [0.15, 0.2) is 0 Å². The number of nitrogens with two attached hydrogens (primary N) is 1. The molecule has 0 amide bonds. The third-order valence-corrected chi connectivity index (χ3v) is 3.56. The maximum Gasteiger partial charge on any atom is 0.345 e. The van der Waals surface area contributed by atoms with Gasteiger partial charge >= 0.3 is 5.97 Å². The lowest BCUT2D eigenvalue weighted by Gasteiger charge is -2.17. The van der Waals surface area contributed by atoms with Crippen LogP contribution in [0.1, 0.15) is 26.5 Å². The Balaban J connectivity index is 2.33. The van der Waals surface area contributed by atoms with E-state index in [0.717, 1.165) is 24.8 Å². The monoisotopic (exact) mass is 197 g/mol. The Morgan fingerprint density at radius 1 is 1.69 bits per heavy atom. The van der Waals surface area contributed by atoms with Crippen molar-refractivity contribution >= 4 is 17.3 Å². The molecule has 0 fully saturated rings. The zero-order valence-corrected chi connectivity index (χ0v) is 7.93. The van der Waals surface area contributed by atoms with Crippen molar-refractivity contribution in [3.05, 3.63) is 21.4 Å². The fourth-order valence-corrected chi connectivity index (χ4v) is 2.70. The number of rotatable bonds is 1. The molecule has 1 atom stereocenters. The fourth-order valence-electron chi connectivity index (χ4n) is 1.66. The second kappa shape index (κ2) is 3.12. The van der Waals surface area contributed by atoms with Crippen LogP contribution in [-0.2, 0) is 12.8 Å². The lowest BCUT2D eigenvalue weighted by Crippen LogP contribution is -2.26.